The van der Waals surface area contributed by atoms with Crippen molar-refractivity contribution in [1.82, 2.24) is 0 Å². The van der Waals surface area contributed by atoms with Crippen LogP contribution < -0.4 is 10.6 Å². The Labute approximate surface area is 75.1 Å². The highest BCUT2D eigenvalue weighted by Gasteiger charge is 1.90. The molecule has 13 heavy (non-hydrogen) atoms. The number of hydrogen-bond donors (Lipinski definition) is 2. The zero-order chi connectivity index (χ0) is 9.52. The summed E-state index contributed by atoms with van der Waals surface area (Å²) in [5, 5.41) is 14.2. The Bertz CT molecular complexity index is 308. The molecule has 1 rings (SSSR count). The van der Waals surface area contributed by atoms with Crippen LogP contribution in [0.2, 0.25) is 0 Å². The molecule has 0 spiro atoms. The molecule has 0 radical (unpaired) electrons. The van der Waals surface area contributed by atoms with Gasteiger partial charge in [0.25, 0.3) is 0 Å². The van der Waals surface area contributed by atoms with Gasteiger partial charge in [-0.15, -0.1) is 0 Å². The van der Waals surface area contributed by atoms with E-state index in [1.54, 1.807) is 24.3 Å². The maximum atomic E-state index is 8.09. The van der Waals surface area contributed by atoms with Crippen molar-refractivity contribution in [1.29, 1.82) is 0 Å². The van der Waals surface area contributed by atoms with Gasteiger partial charge in [0.2, 0.25) is 0 Å². The highest BCUT2D eigenvalue weighted by Crippen LogP contribution is 2.07. The van der Waals surface area contributed by atoms with Gasteiger partial charge in [-0.1, -0.05) is 28.5 Å². The molecule has 0 saturated carbocycles. The smallest absolute Gasteiger partial charge is 0.185 e. The van der Waals surface area contributed by atoms with Crippen LogP contribution in [0.1, 0.15) is 0 Å². The molecule has 3 N–H and O–H groups in total. The number of benzene rings is 1. The number of nitrogens with zero attached hydrogens (tertiary/aromatic N) is 2. The fourth-order valence-electron chi connectivity index (χ4n) is 0.669. The highest BCUT2D eigenvalue weighted by atomic mass is 16.6. The molecule has 0 saturated heterocycles. The van der Waals surface area contributed by atoms with E-state index in [2.05, 4.69) is 10.3 Å². The summed E-state index contributed by atoms with van der Waals surface area (Å²) in [4.78, 5) is 4.88. The minimum atomic E-state index is -0.00801. The third-order valence-corrected chi connectivity index (χ3v) is 1.19. The fraction of sp³-hybridized carbons (Fsp3) is 0. The van der Waals surface area contributed by atoms with E-state index in [0.717, 1.165) is 6.21 Å². The van der Waals surface area contributed by atoms with Crippen LogP contribution in [-0.4, -0.2) is 17.3 Å². The first-order valence-electron chi connectivity index (χ1n) is 3.56. The maximum absolute atomic E-state index is 8.09. The third-order valence-electron chi connectivity index (χ3n) is 1.19. The first kappa shape index (κ1) is 9.05. The summed E-state index contributed by atoms with van der Waals surface area (Å²) in [5.41, 5.74) is 5.25. The predicted molar refractivity (Wildman–Crippen MR) is 49.0 cm³/mol. The molecule has 0 bridgehead atoms. The van der Waals surface area contributed by atoms with Gasteiger partial charge in [-0.25, -0.2) is 0 Å². The van der Waals surface area contributed by atoms with E-state index in [-0.39, 0.29) is 5.84 Å². The van der Waals surface area contributed by atoms with Gasteiger partial charge in [0, 0.05) is 0 Å². The average molecular weight is 179 g/mol. The van der Waals surface area contributed by atoms with Crippen LogP contribution in [0.5, 0.6) is 5.75 Å². The quantitative estimate of drug-likeness (QED) is 0.311. The van der Waals surface area contributed by atoms with Gasteiger partial charge >= 0.3 is 0 Å². The third kappa shape index (κ3) is 3.24. The second-order valence-corrected chi connectivity index (χ2v) is 2.17. The largest absolute Gasteiger partial charge is 0.411 e. The molecule has 5 heteroatoms. The van der Waals surface area contributed by atoms with Crippen LogP contribution in [0.3, 0.4) is 0 Å². The number of oxime groups is 2. The molecule has 68 valence electrons. The second-order valence-electron chi connectivity index (χ2n) is 2.17. The molecule has 0 atom stereocenters. The van der Waals surface area contributed by atoms with Crippen molar-refractivity contribution in [3.05, 3.63) is 30.3 Å². The minimum Gasteiger partial charge on any atom is -0.411 e. The van der Waals surface area contributed by atoms with Crippen molar-refractivity contribution in [2.45, 2.75) is 0 Å². The van der Waals surface area contributed by atoms with Crippen molar-refractivity contribution in [3.8, 4) is 5.75 Å². The molecule has 0 unspecified atom stereocenters. The van der Waals surface area contributed by atoms with Crippen LogP contribution in [0.25, 0.3) is 0 Å². The summed E-state index contributed by atoms with van der Waals surface area (Å²) >= 11 is 0. The van der Waals surface area contributed by atoms with E-state index in [0.29, 0.717) is 5.75 Å². The molecule has 0 fully saturated rings. The van der Waals surface area contributed by atoms with E-state index in [1.165, 1.54) is 0 Å². The van der Waals surface area contributed by atoms with Crippen molar-refractivity contribution in [2.24, 2.45) is 16.0 Å². The molecule has 1 aromatic carbocycles. The van der Waals surface area contributed by atoms with E-state index >= 15 is 0 Å². The minimum absolute atomic E-state index is 0.00801. The van der Waals surface area contributed by atoms with Gasteiger partial charge in [-0.3, -0.25) is 0 Å². The van der Waals surface area contributed by atoms with Crippen molar-refractivity contribution < 1.29 is 10.0 Å². The SMILES string of the molecule is NC(C=NO)=NOc1ccccc1. The Morgan fingerprint density at radius 2 is 2.08 bits per heavy atom. The average Bonchev–Trinajstić information content (AvgIpc) is 2.17. The Kier molecular flexibility index (Phi) is 3.31. The summed E-state index contributed by atoms with van der Waals surface area (Å²) in [6, 6.07) is 8.93. The maximum Gasteiger partial charge on any atom is 0.185 e. The highest BCUT2D eigenvalue weighted by molar-refractivity contribution is 6.28. The van der Waals surface area contributed by atoms with Gasteiger partial charge in [-0.2, -0.15) is 0 Å². The molecule has 0 aliphatic rings. The van der Waals surface area contributed by atoms with Gasteiger partial charge in [0.15, 0.2) is 11.6 Å². The molecule has 0 aliphatic heterocycles. The van der Waals surface area contributed by atoms with Crippen LogP contribution in [0.15, 0.2) is 40.6 Å². The first-order valence-corrected chi connectivity index (χ1v) is 3.56. The molecule has 0 aromatic heterocycles. The summed E-state index contributed by atoms with van der Waals surface area (Å²) in [7, 11) is 0. The summed E-state index contributed by atoms with van der Waals surface area (Å²) in [5.74, 6) is 0.558. The molecule has 0 amide bonds. The lowest BCUT2D eigenvalue weighted by Gasteiger charge is -1.96. The van der Waals surface area contributed by atoms with Gasteiger partial charge < -0.3 is 15.8 Å². The zero-order valence-electron chi connectivity index (χ0n) is 6.79. The van der Waals surface area contributed by atoms with Crippen molar-refractivity contribution >= 4 is 12.1 Å². The monoisotopic (exact) mass is 179 g/mol. The molecule has 5 nitrogen and oxygen atoms in total. The van der Waals surface area contributed by atoms with Crippen LogP contribution in [0, 0.1) is 0 Å². The Morgan fingerprint density at radius 1 is 1.38 bits per heavy atom. The number of nitrogens with two attached hydrogens (primary N) is 1. The lowest BCUT2D eigenvalue weighted by atomic mass is 10.3. The molecular weight excluding hydrogens is 170 g/mol. The lowest BCUT2D eigenvalue weighted by molar-refractivity contribution is 0.321. The number of para-hydroxylation sites is 1. The molecule has 1 aromatic rings. The molecule has 0 aliphatic carbocycles. The fourth-order valence-corrected chi connectivity index (χ4v) is 0.669. The van der Waals surface area contributed by atoms with Gasteiger partial charge in [0.05, 0.1) is 0 Å². The van der Waals surface area contributed by atoms with Crippen LogP contribution >= 0.6 is 0 Å². The molecular formula is C8H9N3O2. The molecule has 0 heterocycles. The Balaban J connectivity index is 2.56. The summed E-state index contributed by atoms with van der Waals surface area (Å²) in [6.07, 6.45) is 0.975. The van der Waals surface area contributed by atoms with E-state index in [9.17, 15) is 0 Å². The van der Waals surface area contributed by atoms with Crippen LogP contribution in [-0.2, 0) is 0 Å². The normalized spacial score (nSPS) is 11.8. The lowest BCUT2D eigenvalue weighted by Crippen LogP contribution is -2.14. The predicted octanol–water partition coefficient (Wildman–Crippen LogP) is 0.798. The van der Waals surface area contributed by atoms with Crippen molar-refractivity contribution in [3.63, 3.8) is 0 Å². The first-order chi connectivity index (χ1) is 6.33. The standard InChI is InChI=1S/C8H9N3O2/c9-8(6-10-12)11-13-7-4-2-1-3-5-7/h1-6,12H,(H2,9,11). The second kappa shape index (κ2) is 4.76. The number of hydrogen-bond acceptors (Lipinski definition) is 4. The van der Waals surface area contributed by atoms with E-state index in [1.807, 2.05) is 6.07 Å². The zero-order valence-corrected chi connectivity index (χ0v) is 6.79. The van der Waals surface area contributed by atoms with Gasteiger partial charge in [0.1, 0.15) is 6.21 Å². The van der Waals surface area contributed by atoms with E-state index < -0.39 is 0 Å². The summed E-state index contributed by atoms with van der Waals surface area (Å²) < 4.78 is 0. The number of rotatable bonds is 3. The van der Waals surface area contributed by atoms with Crippen LogP contribution in [0.4, 0.5) is 0 Å². The van der Waals surface area contributed by atoms with Gasteiger partial charge in [-0.05, 0) is 12.1 Å². The Hall–Kier alpha value is -2.04. The summed E-state index contributed by atoms with van der Waals surface area (Å²) in [6.45, 7) is 0. The Morgan fingerprint density at radius 3 is 2.69 bits per heavy atom. The van der Waals surface area contributed by atoms with E-state index in [4.69, 9.17) is 15.8 Å². The van der Waals surface area contributed by atoms with Crippen molar-refractivity contribution in [2.75, 3.05) is 0 Å². The number of amidine groups is 1. The topological polar surface area (TPSA) is 80.2 Å².